The highest BCUT2D eigenvalue weighted by Gasteiger charge is 2.35. The zero-order valence-electron chi connectivity index (χ0n) is 6.62. The first-order chi connectivity index (χ1) is 5.77. The monoisotopic (exact) mass is 162 g/mol. The minimum Gasteiger partial charge on any atom is -0.388 e. The molecule has 2 atom stereocenters. The molecule has 0 heterocycles. The lowest BCUT2D eigenvalue weighted by Crippen LogP contribution is -2.27. The van der Waals surface area contributed by atoms with Crippen LogP contribution < -0.4 is 0 Å². The van der Waals surface area contributed by atoms with Gasteiger partial charge in [-0.1, -0.05) is 12.1 Å². The van der Waals surface area contributed by atoms with Crippen LogP contribution in [0.25, 0.3) is 0 Å². The predicted octanol–water partition coefficient (Wildman–Crippen LogP) is 0.866. The van der Waals surface area contributed by atoms with Crippen LogP contribution in [-0.2, 0) is 12.8 Å². The number of benzene rings is 1. The normalized spacial score (nSPS) is 29.8. The average molecular weight is 162 g/mol. The first-order valence-corrected chi connectivity index (χ1v) is 4.28. The molecule has 2 heteroatoms. The van der Waals surface area contributed by atoms with E-state index in [4.69, 9.17) is 0 Å². The molecular weight excluding hydrogens is 152 g/mol. The van der Waals surface area contributed by atoms with Crippen molar-refractivity contribution < 1.29 is 10.2 Å². The summed E-state index contributed by atoms with van der Waals surface area (Å²) in [5, 5.41) is 19.0. The first-order valence-electron chi connectivity index (χ1n) is 4.28. The number of hydrogen-bond acceptors (Lipinski definition) is 2. The smallest absolute Gasteiger partial charge is 0.0837 e. The Balaban J connectivity index is 2.30. The van der Waals surface area contributed by atoms with Crippen LogP contribution in [0, 0.1) is 0 Å². The molecule has 0 aromatic heterocycles. The Morgan fingerprint density at radius 2 is 1.92 bits per heavy atom. The van der Waals surface area contributed by atoms with Gasteiger partial charge >= 0.3 is 0 Å². The highest BCUT2D eigenvalue weighted by molar-refractivity contribution is 5.53. The maximum atomic E-state index is 9.58. The van der Waals surface area contributed by atoms with Crippen molar-refractivity contribution in [3.8, 4) is 0 Å². The van der Waals surface area contributed by atoms with E-state index in [9.17, 15) is 10.2 Å². The molecule has 2 unspecified atom stereocenters. The standard InChI is InChI=1S/C10H10O2/c11-8-3-5-1-2-6(8)10-7(5)4-9(10)12/h1-2,8-9,11-12H,3-4H2. The summed E-state index contributed by atoms with van der Waals surface area (Å²) in [5.41, 5.74) is 4.45. The molecule has 3 aliphatic rings. The van der Waals surface area contributed by atoms with Gasteiger partial charge in [0.1, 0.15) is 0 Å². The quantitative estimate of drug-likeness (QED) is 0.594. The third-order valence-electron chi connectivity index (χ3n) is 2.99. The summed E-state index contributed by atoms with van der Waals surface area (Å²) in [5.74, 6) is 0. The molecule has 0 spiro atoms. The van der Waals surface area contributed by atoms with Crippen LogP contribution in [0.3, 0.4) is 0 Å². The van der Waals surface area contributed by atoms with E-state index in [-0.39, 0.29) is 12.2 Å². The topological polar surface area (TPSA) is 40.5 Å². The summed E-state index contributed by atoms with van der Waals surface area (Å²) in [4.78, 5) is 0. The lowest BCUT2D eigenvalue weighted by atomic mass is 9.72. The Morgan fingerprint density at radius 1 is 1.08 bits per heavy atom. The van der Waals surface area contributed by atoms with Gasteiger partial charge in [-0.2, -0.15) is 0 Å². The van der Waals surface area contributed by atoms with E-state index in [1.807, 2.05) is 6.07 Å². The number of rotatable bonds is 0. The van der Waals surface area contributed by atoms with Crippen molar-refractivity contribution in [2.45, 2.75) is 25.0 Å². The second-order valence-electron chi connectivity index (χ2n) is 3.65. The van der Waals surface area contributed by atoms with Crippen LogP contribution in [0.1, 0.15) is 34.5 Å². The Kier molecular flexibility index (Phi) is 1.05. The molecule has 1 aromatic rings. The SMILES string of the molecule is OC1Cc2ccc1c1c2CC1O. The van der Waals surface area contributed by atoms with Gasteiger partial charge in [-0.25, -0.2) is 0 Å². The number of fused-ring (bicyclic) bond motifs is 2. The van der Waals surface area contributed by atoms with E-state index in [1.165, 1.54) is 11.1 Å². The van der Waals surface area contributed by atoms with Crippen LogP contribution in [0.4, 0.5) is 0 Å². The number of hydrogen-bond donors (Lipinski definition) is 2. The summed E-state index contributed by atoms with van der Waals surface area (Å²) in [6, 6.07) is 4.00. The van der Waals surface area contributed by atoms with Crippen molar-refractivity contribution in [2.75, 3.05) is 0 Å². The molecule has 62 valence electrons. The maximum absolute atomic E-state index is 9.58. The fraction of sp³-hybridized carbons (Fsp3) is 0.400. The summed E-state index contributed by atoms with van der Waals surface area (Å²) in [6.07, 6.45) is 0.853. The molecule has 0 fully saturated rings. The number of aliphatic hydroxyl groups excluding tert-OH is 2. The highest BCUT2D eigenvalue weighted by atomic mass is 16.3. The molecule has 0 amide bonds. The predicted molar refractivity (Wildman–Crippen MR) is 43.8 cm³/mol. The van der Waals surface area contributed by atoms with Crippen molar-refractivity contribution in [3.05, 3.63) is 34.4 Å². The molecule has 2 nitrogen and oxygen atoms in total. The Labute approximate surface area is 70.5 Å². The molecule has 1 aromatic carbocycles. The molecule has 12 heavy (non-hydrogen) atoms. The van der Waals surface area contributed by atoms with E-state index in [2.05, 4.69) is 6.07 Å². The van der Waals surface area contributed by atoms with E-state index < -0.39 is 0 Å². The minimum absolute atomic E-state index is 0.315. The molecule has 0 radical (unpaired) electrons. The summed E-state index contributed by atoms with van der Waals surface area (Å²) >= 11 is 0. The summed E-state index contributed by atoms with van der Waals surface area (Å²) < 4.78 is 0. The van der Waals surface area contributed by atoms with Gasteiger partial charge in [0.05, 0.1) is 12.2 Å². The van der Waals surface area contributed by atoms with Crippen LogP contribution in [0.2, 0.25) is 0 Å². The van der Waals surface area contributed by atoms with Gasteiger partial charge in [0.15, 0.2) is 0 Å². The van der Waals surface area contributed by atoms with Crippen LogP contribution in [0.5, 0.6) is 0 Å². The third-order valence-corrected chi connectivity index (χ3v) is 2.99. The van der Waals surface area contributed by atoms with Crippen molar-refractivity contribution in [1.82, 2.24) is 0 Å². The van der Waals surface area contributed by atoms with Crippen molar-refractivity contribution in [2.24, 2.45) is 0 Å². The van der Waals surface area contributed by atoms with E-state index in [0.717, 1.165) is 24.0 Å². The number of aliphatic hydroxyl groups is 2. The summed E-state index contributed by atoms with van der Waals surface area (Å²) in [6.45, 7) is 0. The van der Waals surface area contributed by atoms with Crippen molar-refractivity contribution in [3.63, 3.8) is 0 Å². The van der Waals surface area contributed by atoms with Gasteiger partial charge < -0.3 is 10.2 Å². The Hall–Kier alpha value is -0.860. The molecule has 0 aliphatic heterocycles. The molecule has 2 N–H and O–H groups in total. The largest absolute Gasteiger partial charge is 0.388 e. The van der Waals surface area contributed by atoms with Gasteiger partial charge in [0.25, 0.3) is 0 Å². The lowest BCUT2D eigenvalue weighted by Gasteiger charge is -2.37. The third kappa shape index (κ3) is 0.586. The van der Waals surface area contributed by atoms with Crippen LogP contribution in [-0.4, -0.2) is 10.2 Å². The van der Waals surface area contributed by atoms with Gasteiger partial charge in [0.2, 0.25) is 0 Å². The summed E-state index contributed by atoms with van der Waals surface area (Å²) in [7, 11) is 0. The zero-order valence-corrected chi connectivity index (χ0v) is 6.62. The van der Waals surface area contributed by atoms with Gasteiger partial charge in [-0.15, -0.1) is 0 Å². The molecule has 0 saturated heterocycles. The second kappa shape index (κ2) is 1.90. The van der Waals surface area contributed by atoms with E-state index in [0.29, 0.717) is 0 Å². The second-order valence-corrected chi connectivity index (χ2v) is 3.65. The molecule has 2 bridgehead atoms. The van der Waals surface area contributed by atoms with Crippen molar-refractivity contribution >= 4 is 0 Å². The van der Waals surface area contributed by atoms with Crippen molar-refractivity contribution in [1.29, 1.82) is 0 Å². The fourth-order valence-corrected chi connectivity index (χ4v) is 2.33. The highest BCUT2D eigenvalue weighted by Crippen LogP contribution is 2.45. The van der Waals surface area contributed by atoms with Gasteiger partial charge in [-0.05, 0) is 22.3 Å². The van der Waals surface area contributed by atoms with E-state index >= 15 is 0 Å². The maximum Gasteiger partial charge on any atom is 0.0837 e. The molecule has 3 aliphatic carbocycles. The van der Waals surface area contributed by atoms with E-state index in [1.54, 1.807) is 0 Å². The minimum atomic E-state index is -0.362. The molecule has 4 rings (SSSR count). The van der Waals surface area contributed by atoms with Crippen LogP contribution in [0.15, 0.2) is 12.1 Å². The molecule has 0 saturated carbocycles. The molecular formula is C10H10O2. The Bertz CT molecular complexity index is 357. The lowest BCUT2D eigenvalue weighted by molar-refractivity contribution is 0.125. The van der Waals surface area contributed by atoms with Gasteiger partial charge in [-0.3, -0.25) is 0 Å². The first kappa shape index (κ1) is 6.63. The Morgan fingerprint density at radius 3 is 2.50 bits per heavy atom. The zero-order chi connectivity index (χ0) is 8.29. The fourth-order valence-electron chi connectivity index (χ4n) is 2.33. The van der Waals surface area contributed by atoms with Gasteiger partial charge in [0, 0.05) is 12.8 Å². The van der Waals surface area contributed by atoms with Crippen LogP contribution >= 0.6 is 0 Å². The average Bonchev–Trinajstić information content (AvgIpc) is 2.04.